The van der Waals surface area contributed by atoms with Gasteiger partial charge in [-0.25, -0.2) is 4.79 Å². The van der Waals surface area contributed by atoms with Crippen molar-refractivity contribution in [2.45, 2.75) is 26.8 Å². The highest BCUT2D eigenvalue weighted by Crippen LogP contribution is 2.34. The normalized spacial score (nSPS) is 11.7. The largest absolute Gasteiger partial charge is 0.497 e. The van der Waals surface area contributed by atoms with Crippen LogP contribution in [0.3, 0.4) is 0 Å². The lowest BCUT2D eigenvalue weighted by Gasteiger charge is -2.23. The second kappa shape index (κ2) is 11.1. The molecule has 1 atom stereocenters. The van der Waals surface area contributed by atoms with Crippen molar-refractivity contribution in [3.8, 4) is 11.5 Å². The SMILES string of the molecule is CCOC(=O)c1cc(Cl)c(OCC(=O)NC(c2ccc(OC)cc2)C(C)C)c(Cl)c1. The van der Waals surface area contributed by atoms with Crippen LogP contribution in [0.25, 0.3) is 0 Å². The molecule has 162 valence electrons. The van der Waals surface area contributed by atoms with Gasteiger partial charge in [0, 0.05) is 0 Å². The Bertz CT molecular complexity index is 861. The van der Waals surface area contributed by atoms with Crippen LogP contribution in [0.2, 0.25) is 10.0 Å². The van der Waals surface area contributed by atoms with Gasteiger partial charge in [-0.3, -0.25) is 4.79 Å². The van der Waals surface area contributed by atoms with Crippen molar-refractivity contribution < 1.29 is 23.8 Å². The molecule has 30 heavy (non-hydrogen) atoms. The highest BCUT2D eigenvalue weighted by atomic mass is 35.5. The maximum Gasteiger partial charge on any atom is 0.338 e. The Morgan fingerprint density at radius 3 is 2.17 bits per heavy atom. The highest BCUT2D eigenvalue weighted by Gasteiger charge is 2.20. The molecule has 1 amide bonds. The number of rotatable bonds is 9. The topological polar surface area (TPSA) is 73.9 Å². The van der Waals surface area contributed by atoms with Gasteiger partial charge in [0.1, 0.15) is 5.75 Å². The number of ether oxygens (including phenoxy) is 3. The van der Waals surface area contributed by atoms with Gasteiger partial charge in [0.25, 0.3) is 5.91 Å². The molecule has 0 spiro atoms. The number of amides is 1. The smallest absolute Gasteiger partial charge is 0.338 e. The van der Waals surface area contributed by atoms with Crippen molar-refractivity contribution >= 4 is 35.1 Å². The van der Waals surface area contributed by atoms with Crippen molar-refractivity contribution in [1.82, 2.24) is 5.32 Å². The Morgan fingerprint density at radius 2 is 1.67 bits per heavy atom. The van der Waals surface area contributed by atoms with Gasteiger partial charge in [0.15, 0.2) is 12.4 Å². The van der Waals surface area contributed by atoms with E-state index in [0.29, 0.717) is 0 Å². The van der Waals surface area contributed by atoms with Crippen LogP contribution >= 0.6 is 23.2 Å². The van der Waals surface area contributed by atoms with Crippen LogP contribution < -0.4 is 14.8 Å². The highest BCUT2D eigenvalue weighted by molar-refractivity contribution is 6.37. The van der Waals surface area contributed by atoms with Crippen molar-refractivity contribution in [3.05, 3.63) is 57.6 Å². The molecule has 2 aromatic carbocycles. The fourth-order valence-electron chi connectivity index (χ4n) is 2.83. The molecule has 0 aliphatic carbocycles. The molecule has 0 aromatic heterocycles. The number of nitrogens with one attached hydrogen (secondary N) is 1. The van der Waals surface area contributed by atoms with Gasteiger partial charge in [-0.2, -0.15) is 0 Å². The minimum absolute atomic E-state index is 0.119. The second-order valence-corrected chi connectivity index (χ2v) is 7.65. The zero-order chi connectivity index (χ0) is 22.3. The standard InChI is InChI=1S/C22H25Cl2NO5/c1-5-29-22(27)15-10-17(23)21(18(24)11-15)30-12-19(26)25-20(13(2)3)14-6-8-16(28-4)9-7-14/h6-11,13,20H,5,12H2,1-4H3,(H,25,26). The van der Waals surface area contributed by atoms with Crippen LogP contribution in [0, 0.1) is 5.92 Å². The van der Waals surface area contributed by atoms with Crippen molar-refractivity contribution in [2.24, 2.45) is 5.92 Å². The number of carbonyl (C=O) groups is 2. The lowest BCUT2D eigenvalue weighted by atomic mass is 9.96. The molecule has 0 heterocycles. The van der Waals surface area contributed by atoms with Crippen LogP contribution in [0.1, 0.15) is 42.7 Å². The number of esters is 1. The minimum Gasteiger partial charge on any atom is -0.497 e. The first kappa shape index (κ1) is 23.8. The van der Waals surface area contributed by atoms with Gasteiger partial charge in [-0.1, -0.05) is 49.2 Å². The molecule has 0 aliphatic rings. The van der Waals surface area contributed by atoms with Crippen LogP contribution in [-0.2, 0) is 9.53 Å². The average Bonchev–Trinajstić information content (AvgIpc) is 2.71. The lowest BCUT2D eigenvalue weighted by molar-refractivity contribution is -0.124. The molecule has 0 fully saturated rings. The molecule has 8 heteroatoms. The van der Waals surface area contributed by atoms with Gasteiger partial charge in [0.05, 0.1) is 35.4 Å². The fourth-order valence-corrected chi connectivity index (χ4v) is 3.43. The summed E-state index contributed by atoms with van der Waals surface area (Å²) in [7, 11) is 1.60. The number of hydrogen-bond acceptors (Lipinski definition) is 5. The molecule has 1 N–H and O–H groups in total. The summed E-state index contributed by atoms with van der Waals surface area (Å²) >= 11 is 12.4. The van der Waals surface area contributed by atoms with E-state index in [2.05, 4.69) is 5.32 Å². The van der Waals surface area contributed by atoms with Crippen LogP contribution in [0.5, 0.6) is 11.5 Å². The summed E-state index contributed by atoms with van der Waals surface area (Å²) in [5.41, 5.74) is 1.16. The summed E-state index contributed by atoms with van der Waals surface area (Å²) in [6.07, 6.45) is 0. The molecule has 0 saturated carbocycles. The third kappa shape index (κ3) is 6.28. The summed E-state index contributed by atoms with van der Waals surface area (Å²) in [4.78, 5) is 24.3. The molecular weight excluding hydrogens is 429 g/mol. The van der Waals surface area contributed by atoms with Gasteiger partial charge in [-0.15, -0.1) is 0 Å². The molecule has 2 aromatic rings. The number of benzene rings is 2. The Labute approximate surface area is 186 Å². The van der Waals surface area contributed by atoms with E-state index in [4.69, 9.17) is 37.4 Å². The van der Waals surface area contributed by atoms with Gasteiger partial charge in [0.2, 0.25) is 0 Å². The summed E-state index contributed by atoms with van der Waals surface area (Å²) in [6.45, 7) is 5.68. The summed E-state index contributed by atoms with van der Waals surface area (Å²) in [5, 5.41) is 3.20. The van der Waals surface area contributed by atoms with Crippen molar-refractivity contribution in [1.29, 1.82) is 0 Å². The van der Waals surface area contributed by atoms with Gasteiger partial charge < -0.3 is 19.5 Å². The van der Waals surface area contributed by atoms with E-state index in [1.54, 1.807) is 14.0 Å². The van der Waals surface area contributed by atoms with Gasteiger partial charge in [-0.05, 0) is 42.7 Å². The summed E-state index contributed by atoms with van der Waals surface area (Å²) < 4.78 is 15.6. The van der Waals surface area contributed by atoms with Crippen molar-refractivity contribution in [3.63, 3.8) is 0 Å². The summed E-state index contributed by atoms with van der Waals surface area (Å²) in [5.74, 6) is 0.160. The summed E-state index contributed by atoms with van der Waals surface area (Å²) in [6, 6.07) is 10.1. The number of hydrogen-bond donors (Lipinski definition) is 1. The van der Waals surface area contributed by atoms with Crippen molar-refractivity contribution in [2.75, 3.05) is 20.3 Å². The Hall–Kier alpha value is -2.44. The lowest BCUT2D eigenvalue weighted by Crippen LogP contribution is -2.35. The molecule has 0 aliphatic heterocycles. The molecule has 2 rings (SSSR count). The quantitative estimate of drug-likeness (QED) is 0.536. The van der Waals surface area contributed by atoms with E-state index in [1.165, 1.54) is 12.1 Å². The minimum atomic E-state index is -0.537. The predicted molar refractivity (Wildman–Crippen MR) is 117 cm³/mol. The molecule has 6 nitrogen and oxygen atoms in total. The number of halogens is 2. The molecule has 0 bridgehead atoms. The molecular formula is C22H25Cl2NO5. The zero-order valence-electron chi connectivity index (χ0n) is 17.3. The first-order chi connectivity index (χ1) is 14.3. The average molecular weight is 454 g/mol. The van der Waals surface area contributed by atoms with Gasteiger partial charge >= 0.3 is 5.97 Å². The number of methoxy groups -OCH3 is 1. The fraction of sp³-hybridized carbons (Fsp3) is 0.364. The first-order valence-electron chi connectivity index (χ1n) is 9.49. The van der Waals surface area contributed by atoms with Crippen LogP contribution in [0.4, 0.5) is 0 Å². The number of carbonyl (C=O) groups excluding carboxylic acids is 2. The third-order valence-corrected chi connectivity index (χ3v) is 4.88. The molecule has 0 saturated heterocycles. The Morgan fingerprint density at radius 1 is 1.07 bits per heavy atom. The monoisotopic (exact) mass is 453 g/mol. The molecule has 1 unspecified atom stereocenters. The first-order valence-corrected chi connectivity index (χ1v) is 10.2. The second-order valence-electron chi connectivity index (χ2n) is 6.84. The van der Waals surface area contributed by atoms with Crippen LogP contribution in [0.15, 0.2) is 36.4 Å². The Balaban J connectivity index is 2.05. The Kier molecular flexibility index (Phi) is 8.81. The van der Waals surface area contributed by atoms with E-state index in [1.807, 2.05) is 38.1 Å². The van der Waals surface area contributed by atoms with E-state index < -0.39 is 5.97 Å². The van der Waals surface area contributed by atoms with E-state index >= 15 is 0 Å². The third-order valence-electron chi connectivity index (χ3n) is 4.32. The van der Waals surface area contributed by atoms with E-state index in [9.17, 15) is 9.59 Å². The maximum absolute atomic E-state index is 12.5. The van der Waals surface area contributed by atoms with Crippen LogP contribution in [-0.4, -0.2) is 32.2 Å². The zero-order valence-corrected chi connectivity index (χ0v) is 18.8. The molecule has 0 radical (unpaired) electrons. The predicted octanol–water partition coefficient (Wildman–Crippen LogP) is 5.07. The van der Waals surface area contributed by atoms with E-state index in [0.717, 1.165) is 11.3 Å². The maximum atomic E-state index is 12.5. The van der Waals surface area contributed by atoms with E-state index in [-0.39, 0.29) is 52.4 Å².